The molecule has 0 aromatic carbocycles. The Kier molecular flexibility index (Phi) is 4.52. The van der Waals surface area contributed by atoms with Crippen molar-refractivity contribution >= 4 is 15.6 Å². The predicted molar refractivity (Wildman–Crippen MR) is 92.5 cm³/mol. The number of rotatable bonds is 5. The van der Waals surface area contributed by atoms with Crippen molar-refractivity contribution in [2.75, 3.05) is 11.5 Å². The molecule has 3 rings (SSSR count). The van der Waals surface area contributed by atoms with E-state index in [1.54, 1.807) is 18.5 Å². The highest BCUT2D eigenvalue weighted by molar-refractivity contribution is 7.91. The molecule has 0 spiro atoms. The molecule has 1 atom stereocenters. The van der Waals surface area contributed by atoms with Gasteiger partial charge in [-0.1, -0.05) is 0 Å². The molecule has 2 aromatic heterocycles. The molecule has 1 aliphatic heterocycles. The molecule has 0 saturated carbocycles. The minimum Gasteiger partial charge on any atom is -0.294 e. The summed E-state index contributed by atoms with van der Waals surface area (Å²) >= 11 is 0. The van der Waals surface area contributed by atoms with Crippen LogP contribution in [0.15, 0.2) is 0 Å². The van der Waals surface area contributed by atoms with Crippen molar-refractivity contribution < 1.29 is 13.2 Å². The summed E-state index contributed by atoms with van der Waals surface area (Å²) in [5, 5.41) is 8.85. The zero-order chi connectivity index (χ0) is 18.4. The third-order valence-corrected chi connectivity index (χ3v) is 6.39. The van der Waals surface area contributed by atoms with Crippen molar-refractivity contribution in [3.05, 3.63) is 28.6 Å². The zero-order valence-electron chi connectivity index (χ0n) is 15.0. The first-order valence-corrected chi connectivity index (χ1v) is 10.2. The lowest BCUT2D eigenvalue weighted by atomic mass is 10.1. The molecule has 1 fully saturated rings. The Bertz CT molecular complexity index is 926. The van der Waals surface area contributed by atoms with E-state index in [-0.39, 0.29) is 23.3 Å². The van der Waals surface area contributed by atoms with E-state index in [1.165, 1.54) is 0 Å². The number of aromatic nitrogens is 5. The summed E-state index contributed by atoms with van der Waals surface area (Å²) in [7, 11) is -2.98. The topological polar surface area (TPSA) is 99.7 Å². The van der Waals surface area contributed by atoms with Crippen molar-refractivity contribution in [3.63, 3.8) is 0 Å². The van der Waals surface area contributed by atoms with E-state index in [0.29, 0.717) is 30.8 Å². The monoisotopic (exact) mass is 365 g/mol. The number of carbonyl (C=O) groups is 1. The summed E-state index contributed by atoms with van der Waals surface area (Å²) in [5.41, 5.74) is 2.24. The molecule has 25 heavy (non-hydrogen) atoms. The van der Waals surface area contributed by atoms with Gasteiger partial charge in [-0.15, -0.1) is 0 Å². The fourth-order valence-electron chi connectivity index (χ4n) is 3.54. The van der Waals surface area contributed by atoms with E-state index in [9.17, 15) is 13.2 Å². The summed E-state index contributed by atoms with van der Waals surface area (Å²) in [6, 6.07) is -0.144. The van der Waals surface area contributed by atoms with Crippen LogP contribution >= 0.6 is 0 Å². The Hall–Kier alpha value is -2.03. The normalized spacial score (nSPS) is 19.4. The molecule has 1 saturated heterocycles. The highest BCUT2D eigenvalue weighted by Gasteiger charge is 2.31. The molecule has 0 amide bonds. The van der Waals surface area contributed by atoms with Crippen LogP contribution in [0.1, 0.15) is 52.8 Å². The number of carbonyl (C=O) groups excluding carboxylic acids is 1. The summed E-state index contributed by atoms with van der Waals surface area (Å²) in [5.74, 6) is 1.73. The predicted octanol–water partition coefficient (Wildman–Crippen LogP) is 1.20. The molecule has 0 bridgehead atoms. The Morgan fingerprint density at radius 2 is 1.96 bits per heavy atom. The maximum Gasteiger partial charge on any atom is 0.163 e. The van der Waals surface area contributed by atoms with Crippen molar-refractivity contribution in [1.29, 1.82) is 0 Å². The molecule has 0 unspecified atom stereocenters. The van der Waals surface area contributed by atoms with Crippen molar-refractivity contribution in [2.24, 2.45) is 0 Å². The van der Waals surface area contributed by atoms with Gasteiger partial charge in [-0.05, 0) is 34.1 Å². The molecule has 8 nitrogen and oxygen atoms in total. The minimum absolute atomic E-state index is 0.0106. The number of nitrogens with zero attached hydrogens (tertiary/aromatic N) is 5. The van der Waals surface area contributed by atoms with Gasteiger partial charge < -0.3 is 0 Å². The maximum absolute atomic E-state index is 11.8. The summed E-state index contributed by atoms with van der Waals surface area (Å²) in [4.78, 5) is 16.2. The van der Waals surface area contributed by atoms with E-state index in [2.05, 4.69) is 15.2 Å². The van der Waals surface area contributed by atoms with Gasteiger partial charge in [0.05, 0.1) is 28.8 Å². The number of aryl methyl sites for hydroxylation is 4. The quantitative estimate of drug-likeness (QED) is 0.738. The SMILES string of the molecule is CC(=O)c1c(C)nn(CCc2nc(C)nn2[C@H]2CCS(=O)(=O)C2)c1C. The number of Topliss-reactive ketones (excluding diaryl/α,β-unsaturated/α-hetero) is 1. The van der Waals surface area contributed by atoms with E-state index >= 15 is 0 Å². The van der Waals surface area contributed by atoms with Crippen LogP contribution in [-0.2, 0) is 22.8 Å². The van der Waals surface area contributed by atoms with Crippen molar-refractivity contribution in [1.82, 2.24) is 24.5 Å². The summed E-state index contributed by atoms with van der Waals surface area (Å²) in [6.07, 6.45) is 1.16. The molecule has 136 valence electrons. The fourth-order valence-corrected chi connectivity index (χ4v) is 5.23. The van der Waals surface area contributed by atoms with Crippen LogP contribution in [0.5, 0.6) is 0 Å². The number of ketones is 1. The molecule has 3 heterocycles. The molecule has 1 aliphatic rings. The van der Waals surface area contributed by atoms with Crippen LogP contribution in [-0.4, -0.2) is 50.3 Å². The molecule has 0 N–H and O–H groups in total. The van der Waals surface area contributed by atoms with Crippen LogP contribution in [0.2, 0.25) is 0 Å². The van der Waals surface area contributed by atoms with Gasteiger partial charge in [0.25, 0.3) is 0 Å². The Morgan fingerprint density at radius 1 is 1.24 bits per heavy atom. The van der Waals surface area contributed by atoms with Crippen LogP contribution < -0.4 is 0 Å². The summed E-state index contributed by atoms with van der Waals surface area (Å²) in [6.45, 7) is 7.63. The largest absolute Gasteiger partial charge is 0.294 e. The first-order chi connectivity index (χ1) is 11.7. The van der Waals surface area contributed by atoms with Crippen LogP contribution in [0, 0.1) is 20.8 Å². The molecular formula is C16H23N5O3S. The number of sulfone groups is 1. The van der Waals surface area contributed by atoms with Crippen LogP contribution in [0.4, 0.5) is 0 Å². The molecular weight excluding hydrogens is 342 g/mol. The molecule has 9 heteroatoms. The summed E-state index contributed by atoms with van der Waals surface area (Å²) < 4.78 is 27.1. The second-order valence-electron chi connectivity index (χ2n) is 6.65. The van der Waals surface area contributed by atoms with E-state index in [1.807, 2.05) is 18.5 Å². The van der Waals surface area contributed by atoms with E-state index in [4.69, 9.17) is 0 Å². The standard InChI is InChI=1S/C16H23N5O3S/c1-10-16(12(3)22)11(2)20(18-10)7-5-15-17-13(4)19-21(15)14-6-8-25(23,24)9-14/h14H,5-9H2,1-4H3/t14-/m0/s1. The molecule has 2 aromatic rings. The zero-order valence-corrected chi connectivity index (χ0v) is 15.8. The first-order valence-electron chi connectivity index (χ1n) is 8.35. The number of hydrogen-bond donors (Lipinski definition) is 0. The average Bonchev–Trinajstić information content (AvgIpc) is 3.12. The van der Waals surface area contributed by atoms with Crippen molar-refractivity contribution in [3.8, 4) is 0 Å². The Morgan fingerprint density at radius 3 is 2.52 bits per heavy atom. The molecule has 0 aliphatic carbocycles. The third kappa shape index (κ3) is 3.51. The lowest BCUT2D eigenvalue weighted by Crippen LogP contribution is -2.17. The lowest BCUT2D eigenvalue weighted by Gasteiger charge is -2.12. The minimum atomic E-state index is -2.98. The fraction of sp³-hybridized carbons (Fsp3) is 0.625. The maximum atomic E-state index is 11.8. The highest BCUT2D eigenvalue weighted by Crippen LogP contribution is 2.24. The van der Waals surface area contributed by atoms with Gasteiger partial charge in [-0.2, -0.15) is 10.2 Å². The van der Waals surface area contributed by atoms with Gasteiger partial charge in [-0.25, -0.2) is 18.1 Å². The second-order valence-corrected chi connectivity index (χ2v) is 8.88. The van der Waals surface area contributed by atoms with Crippen LogP contribution in [0.3, 0.4) is 0 Å². The van der Waals surface area contributed by atoms with Gasteiger partial charge in [0.1, 0.15) is 11.6 Å². The number of hydrogen-bond acceptors (Lipinski definition) is 6. The van der Waals surface area contributed by atoms with Crippen molar-refractivity contribution in [2.45, 2.75) is 53.1 Å². The van der Waals surface area contributed by atoms with Gasteiger partial charge >= 0.3 is 0 Å². The Balaban J connectivity index is 1.81. The molecule has 0 radical (unpaired) electrons. The van der Waals surface area contributed by atoms with E-state index < -0.39 is 9.84 Å². The smallest absolute Gasteiger partial charge is 0.163 e. The van der Waals surface area contributed by atoms with Gasteiger partial charge in [0, 0.05) is 18.7 Å². The van der Waals surface area contributed by atoms with Gasteiger partial charge in [-0.3, -0.25) is 9.48 Å². The Labute approximate surface area is 147 Å². The average molecular weight is 365 g/mol. The first kappa shape index (κ1) is 17.8. The van der Waals surface area contributed by atoms with Crippen LogP contribution in [0.25, 0.3) is 0 Å². The van der Waals surface area contributed by atoms with Gasteiger partial charge in [0.15, 0.2) is 15.6 Å². The van der Waals surface area contributed by atoms with E-state index in [0.717, 1.165) is 17.2 Å². The second kappa shape index (κ2) is 6.36. The third-order valence-electron chi connectivity index (χ3n) is 4.64. The lowest BCUT2D eigenvalue weighted by molar-refractivity contribution is 0.101. The highest BCUT2D eigenvalue weighted by atomic mass is 32.2. The van der Waals surface area contributed by atoms with Gasteiger partial charge in [0.2, 0.25) is 0 Å².